The number of hydrogen-bond acceptors (Lipinski definition) is 4. The van der Waals surface area contributed by atoms with E-state index in [0.717, 1.165) is 11.6 Å². The largest absolute Gasteiger partial charge is 0.324 e. The Kier molecular flexibility index (Phi) is 5.96. The van der Waals surface area contributed by atoms with E-state index in [9.17, 15) is 23.6 Å². The average Bonchev–Trinajstić information content (AvgIpc) is 2.70. The molecule has 3 N–H and O–H groups in total. The fourth-order valence-electron chi connectivity index (χ4n) is 3.59. The molecule has 0 radical (unpaired) electrons. The van der Waals surface area contributed by atoms with Gasteiger partial charge in [-0.15, -0.1) is 0 Å². The highest BCUT2D eigenvalue weighted by atomic mass is 19.1. The van der Waals surface area contributed by atoms with Crippen molar-refractivity contribution in [2.24, 2.45) is 0 Å². The van der Waals surface area contributed by atoms with Crippen molar-refractivity contribution in [3.8, 4) is 0 Å². The van der Waals surface area contributed by atoms with Gasteiger partial charge in [-0.1, -0.05) is 19.1 Å². The van der Waals surface area contributed by atoms with Crippen molar-refractivity contribution >= 4 is 35.0 Å². The summed E-state index contributed by atoms with van der Waals surface area (Å²) in [7, 11) is 0. The van der Waals surface area contributed by atoms with E-state index in [-0.39, 0.29) is 29.5 Å². The Labute approximate surface area is 173 Å². The third-order valence-electron chi connectivity index (χ3n) is 5.30. The van der Waals surface area contributed by atoms with Crippen molar-refractivity contribution in [3.63, 3.8) is 0 Å². The third-order valence-corrected chi connectivity index (χ3v) is 5.30. The maximum absolute atomic E-state index is 13.8. The lowest BCUT2D eigenvalue weighted by atomic mass is 9.72. The Bertz CT molecular complexity index is 1020. The van der Waals surface area contributed by atoms with E-state index in [2.05, 4.69) is 16.0 Å². The molecule has 1 fully saturated rings. The molecule has 1 saturated heterocycles. The highest BCUT2D eigenvalue weighted by molar-refractivity contribution is 6.06. The quantitative estimate of drug-likeness (QED) is 0.658. The molecule has 156 valence electrons. The first kappa shape index (κ1) is 21.2. The number of anilines is 2. The second kappa shape index (κ2) is 8.44. The first-order valence-electron chi connectivity index (χ1n) is 9.58. The van der Waals surface area contributed by atoms with Crippen molar-refractivity contribution in [3.05, 3.63) is 59.4 Å². The van der Waals surface area contributed by atoms with Crippen LogP contribution in [0, 0.1) is 5.82 Å². The first-order valence-corrected chi connectivity index (χ1v) is 9.58. The van der Waals surface area contributed by atoms with Gasteiger partial charge in [-0.25, -0.2) is 4.39 Å². The number of amides is 4. The minimum absolute atomic E-state index is 0.0757. The normalized spacial score (nSPS) is 18.5. The molecule has 1 heterocycles. The summed E-state index contributed by atoms with van der Waals surface area (Å²) in [5.41, 5.74) is 0.587. The van der Waals surface area contributed by atoms with Gasteiger partial charge in [0, 0.05) is 24.6 Å². The van der Waals surface area contributed by atoms with Gasteiger partial charge in [0.15, 0.2) is 0 Å². The van der Waals surface area contributed by atoms with Crippen molar-refractivity contribution in [1.82, 2.24) is 5.32 Å². The summed E-state index contributed by atoms with van der Waals surface area (Å²) in [4.78, 5) is 47.7. The van der Waals surface area contributed by atoms with E-state index in [4.69, 9.17) is 0 Å². The van der Waals surface area contributed by atoms with E-state index in [1.54, 1.807) is 24.3 Å². The molecule has 0 bridgehead atoms. The van der Waals surface area contributed by atoms with Crippen molar-refractivity contribution < 1.29 is 23.6 Å². The molecular formula is C22H22FN3O4. The molecule has 0 aromatic heterocycles. The minimum atomic E-state index is -0.777. The number of hydrogen-bond donors (Lipinski definition) is 3. The van der Waals surface area contributed by atoms with Gasteiger partial charge in [-0.3, -0.25) is 24.5 Å². The molecule has 1 atom stereocenters. The minimum Gasteiger partial charge on any atom is -0.324 e. The SMILES string of the molecule is CCC1(c2ccc(NC(=O)c3ccc(F)c(NC(C)=O)c3)cc2)CCC(=O)NC1=O. The molecular weight excluding hydrogens is 389 g/mol. The molecule has 2 aromatic rings. The van der Waals surface area contributed by atoms with Crippen molar-refractivity contribution in [2.45, 2.75) is 38.5 Å². The number of imide groups is 1. The van der Waals surface area contributed by atoms with Crippen LogP contribution in [0.5, 0.6) is 0 Å². The molecule has 0 spiro atoms. The van der Waals surface area contributed by atoms with Crippen LogP contribution >= 0.6 is 0 Å². The van der Waals surface area contributed by atoms with Crippen LogP contribution in [-0.2, 0) is 19.8 Å². The van der Waals surface area contributed by atoms with E-state index < -0.39 is 23.0 Å². The summed E-state index contributed by atoms with van der Waals surface area (Å²) in [6.07, 6.45) is 1.25. The second-order valence-corrected chi connectivity index (χ2v) is 7.22. The van der Waals surface area contributed by atoms with Gasteiger partial charge in [0.05, 0.1) is 11.1 Å². The molecule has 3 rings (SSSR count). The van der Waals surface area contributed by atoms with E-state index in [1.807, 2.05) is 6.92 Å². The summed E-state index contributed by atoms with van der Waals surface area (Å²) < 4.78 is 13.8. The van der Waals surface area contributed by atoms with Gasteiger partial charge in [-0.05, 0) is 48.7 Å². The Morgan fingerprint density at radius 1 is 1.10 bits per heavy atom. The smallest absolute Gasteiger partial charge is 0.255 e. The predicted octanol–water partition coefficient (Wildman–Crippen LogP) is 3.12. The van der Waals surface area contributed by atoms with Gasteiger partial charge in [0.2, 0.25) is 17.7 Å². The number of carbonyl (C=O) groups is 4. The second-order valence-electron chi connectivity index (χ2n) is 7.22. The average molecular weight is 411 g/mol. The van der Waals surface area contributed by atoms with Crippen molar-refractivity contribution in [1.29, 1.82) is 0 Å². The number of benzene rings is 2. The lowest BCUT2D eigenvalue weighted by Crippen LogP contribution is -2.51. The zero-order valence-electron chi connectivity index (χ0n) is 16.7. The number of piperidine rings is 1. The Morgan fingerprint density at radius 2 is 1.80 bits per heavy atom. The highest BCUT2D eigenvalue weighted by Gasteiger charge is 2.42. The summed E-state index contributed by atoms with van der Waals surface area (Å²) >= 11 is 0. The number of carbonyl (C=O) groups excluding carboxylic acids is 4. The van der Waals surface area contributed by atoms with Crippen LogP contribution in [0.3, 0.4) is 0 Å². The molecule has 1 aliphatic heterocycles. The predicted molar refractivity (Wildman–Crippen MR) is 109 cm³/mol. The molecule has 7 nitrogen and oxygen atoms in total. The van der Waals surface area contributed by atoms with Crippen molar-refractivity contribution in [2.75, 3.05) is 10.6 Å². The van der Waals surface area contributed by atoms with Gasteiger partial charge >= 0.3 is 0 Å². The highest BCUT2D eigenvalue weighted by Crippen LogP contribution is 2.36. The monoisotopic (exact) mass is 411 g/mol. The Morgan fingerprint density at radius 3 is 2.40 bits per heavy atom. The Hall–Kier alpha value is -3.55. The van der Waals surface area contributed by atoms with E-state index in [0.29, 0.717) is 18.5 Å². The number of rotatable bonds is 5. The van der Waals surface area contributed by atoms with E-state index in [1.165, 1.54) is 19.1 Å². The summed E-state index contributed by atoms with van der Waals surface area (Å²) in [5.74, 6) is -2.14. The van der Waals surface area contributed by atoms with Gasteiger partial charge in [-0.2, -0.15) is 0 Å². The molecule has 0 aliphatic carbocycles. The van der Waals surface area contributed by atoms with Crippen LogP contribution < -0.4 is 16.0 Å². The van der Waals surface area contributed by atoms with Gasteiger partial charge in [0.1, 0.15) is 5.82 Å². The van der Waals surface area contributed by atoms with Crippen LogP contribution in [-0.4, -0.2) is 23.6 Å². The van der Waals surface area contributed by atoms with Gasteiger partial charge < -0.3 is 10.6 Å². The van der Waals surface area contributed by atoms with Crippen LogP contribution in [0.4, 0.5) is 15.8 Å². The summed E-state index contributed by atoms with van der Waals surface area (Å²) in [6.45, 7) is 3.14. The fourth-order valence-corrected chi connectivity index (χ4v) is 3.59. The molecule has 2 aromatic carbocycles. The van der Waals surface area contributed by atoms with E-state index >= 15 is 0 Å². The maximum Gasteiger partial charge on any atom is 0.255 e. The fraction of sp³-hybridized carbons (Fsp3) is 0.273. The molecule has 1 unspecified atom stereocenters. The van der Waals surface area contributed by atoms with Gasteiger partial charge in [0.25, 0.3) is 5.91 Å². The van der Waals surface area contributed by atoms with Crippen LogP contribution in [0.15, 0.2) is 42.5 Å². The molecule has 1 aliphatic rings. The van der Waals surface area contributed by atoms with Crippen LogP contribution in [0.25, 0.3) is 0 Å². The first-order chi connectivity index (χ1) is 14.2. The molecule has 0 saturated carbocycles. The number of halogens is 1. The zero-order valence-corrected chi connectivity index (χ0v) is 16.7. The third kappa shape index (κ3) is 4.22. The maximum atomic E-state index is 13.8. The van der Waals surface area contributed by atoms with Crippen LogP contribution in [0.2, 0.25) is 0 Å². The lowest BCUT2D eigenvalue weighted by Gasteiger charge is -2.35. The number of nitrogens with one attached hydrogen (secondary N) is 3. The molecule has 8 heteroatoms. The van der Waals surface area contributed by atoms with Crippen LogP contribution in [0.1, 0.15) is 49.0 Å². The lowest BCUT2D eigenvalue weighted by molar-refractivity contribution is -0.138. The molecule has 30 heavy (non-hydrogen) atoms. The Balaban J connectivity index is 1.77. The zero-order chi connectivity index (χ0) is 21.9. The summed E-state index contributed by atoms with van der Waals surface area (Å²) in [5, 5.41) is 7.45. The standard InChI is InChI=1S/C22H22FN3O4/c1-3-22(11-10-19(28)26-21(22)30)15-5-7-16(8-6-15)25-20(29)14-4-9-17(23)18(12-14)24-13(2)27/h4-9,12H,3,10-11H2,1-2H3,(H,24,27)(H,25,29)(H,26,28,30). The molecule has 4 amide bonds. The topological polar surface area (TPSA) is 104 Å². The summed E-state index contributed by atoms with van der Waals surface area (Å²) in [6, 6.07) is 10.5.